The van der Waals surface area contributed by atoms with E-state index in [0.717, 1.165) is 6.54 Å². The van der Waals surface area contributed by atoms with E-state index >= 15 is 0 Å². The van der Waals surface area contributed by atoms with Gasteiger partial charge in [-0.25, -0.2) is 0 Å². The van der Waals surface area contributed by atoms with E-state index in [-0.39, 0.29) is 13.2 Å². The Morgan fingerprint density at radius 3 is 1.70 bits per heavy atom. The summed E-state index contributed by atoms with van der Waals surface area (Å²) in [6, 6.07) is 0. The van der Waals surface area contributed by atoms with Crippen molar-refractivity contribution in [3.05, 3.63) is 0 Å². The zero-order chi connectivity index (χ0) is 8.24. The fraction of sp³-hybridized carbons (Fsp3) is 1.00. The summed E-state index contributed by atoms with van der Waals surface area (Å²) in [6.07, 6.45) is 3.75. The second-order valence-corrected chi connectivity index (χ2v) is 1.94. The van der Waals surface area contributed by atoms with E-state index in [2.05, 4.69) is 6.92 Å². The first-order valence-corrected chi connectivity index (χ1v) is 3.75. The van der Waals surface area contributed by atoms with Gasteiger partial charge in [-0.3, -0.25) is 0 Å². The lowest BCUT2D eigenvalue weighted by atomic mass is 10.3. The molecule has 0 aromatic carbocycles. The van der Waals surface area contributed by atoms with Crippen molar-refractivity contribution < 1.29 is 10.2 Å². The summed E-state index contributed by atoms with van der Waals surface area (Å²) >= 11 is 0. The van der Waals surface area contributed by atoms with Gasteiger partial charge in [-0.05, 0) is 13.0 Å². The Morgan fingerprint density at radius 2 is 1.60 bits per heavy atom. The summed E-state index contributed by atoms with van der Waals surface area (Å²) in [5, 5.41) is 15.2. The topological polar surface area (TPSA) is 66.5 Å². The van der Waals surface area contributed by atoms with Crippen LogP contribution < -0.4 is 5.73 Å². The Labute approximate surface area is 62.9 Å². The molecule has 3 nitrogen and oxygen atoms in total. The highest BCUT2D eigenvalue weighted by molar-refractivity contribution is 4.34. The lowest BCUT2D eigenvalue weighted by Crippen LogP contribution is -1.96. The first-order chi connectivity index (χ1) is 4.83. The average Bonchev–Trinajstić information content (AvgIpc) is 2.01. The third-order valence-corrected chi connectivity index (χ3v) is 0.908. The molecule has 10 heavy (non-hydrogen) atoms. The molecule has 0 saturated heterocycles. The lowest BCUT2D eigenvalue weighted by molar-refractivity contribution is 0.186. The summed E-state index contributed by atoms with van der Waals surface area (Å²) in [6.45, 7) is 2.78. The Hall–Kier alpha value is -0.120. The van der Waals surface area contributed by atoms with E-state index in [4.69, 9.17) is 15.9 Å². The smallest absolute Gasteiger partial charge is 0.0662 e. The van der Waals surface area contributed by atoms with Gasteiger partial charge in [-0.2, -0.15) is 0 Å². The zero-order valence-electron chi connectivity index (χ0n) is 6.71. The Morgan fingerprint density at radius 1 is 1.10 bits per heavy atom. The molecule has 0 amide bonds. The minimum atomic E-state index is -0.125. The van der Waals surface area contributed by atoms with Crippen molar-refractivity contribution in [2.75, 3.05) is 19.8 Å². The predicted octanol–water partition coefficient (Wildman–Crippen LogP) is 0.106. The van der Waals surface area contributed by atoms with Crippen LogP contribution in [0.3, 0.4) is 0 Å². The van der Waals surface area contributed by atoms with Crippen LogP contribution in [-0.4, -0.2) is 30.0 Å². The highest BCUT2D eigenvalue weighted by Crippen LogP contribution is 1.88. The molecule has 64 valence electrons. The standard InChI is InChI=1S/C5H13N.C2H6O2/c1-2-3-4-5-6;3-1-2-4/h2-6H2,1H3;3-4H,1-2H2. The number of aliphatic hydroxyl groups is 2. The van der Waals surface area contributed by atoms with Crippen molar-refractivity contribution >= 4 is 0 Å². The highest BCUT2D eigenvalue weighted by Gasteiger charge is 1.75. The third-order valence-electron chi connectivity index (χ3n) is 0.908. The molecule has 0 radical (unpaired) electrons. The maximum absolute atomic E-state index is 7.62. The normalized spacial score (nSPS) is 8.40. The zero-order valence-corrected chi connectivity index (χ0v) is 6.71. The second kappa shape index (κ2) is 15.9. The van der Waals surface area contributed by atoms with Crippen molar-refractivity contribution in [2.24, 2.45) is 5.73 Å². The molecular weight excluding hydrogens is 130 g/mol. The van der Waals surface area contributed by atoms with Crippen LogP contribution in [0.5, 0.6) is 0 Å². The van der Waals surface area contributed by atoms with Crippen LogP contribution in [0.1, 0.15) is 26.2 Å². The largest absolute Gasteiger partial charge is 0.394 e. The van der Waals surface area contributed by atoms with E-state index in [1.165, 1.54) is 19.3 Å². The van der Waals surface area contributed by atoms with Gasteiger partial charge in [0.1, 0.15) is 0 Å². The van der Waals surface area contributed by atoms with Gasteiger partial charge in [0.25, 0.3) is 0 Å². The Balaban J connectivity index is 0. The molecule has 0 heterocycles. The molecule has 0 aromatic rings. The number of nitrogens with two attached hydrogens (primary N) is 1. The van der Waals surface area contributed by atoms with Crippen LogP contribution >= 0.6 is 0 Å². The SMILES string of the molecule is CCCCCN.OCCO. The molecule has 0 aliphatic rings. The van der Waals surface area contributed by atoms with E-state index in [9.17, 15) is 0 Å². The van der Waals surface area contributed by atoms with Gasteiger partial charge in [-0.1, -0.05) is 19.8 Å². The van der Waals surface area contributed by atoms with Crippen molar-refractivity contribution in [3.63, 3.8) is 0 Å². The maximum Gasteiger partial charge on any atom is 0.0662 e. The van der Waals surface area contributed by atoms with Crippen molar-refractivity contribution in [2.45, 2.75) is 26.2 Å². The minimum Gasteiger partial charge on any atom is -0.394 e. The van der Waals surface area contributed by atoms with E-state index in [0.29, 0.717) is 0 Å². The predicted molar refractivity (Wildman–Crippen MR) is 42.8 cm³/mol. The first kappa shape index (κ1) is 12.5. The lowest BCUT2D eigenvalue weighted by Gasteiger charge is -1.86. The third kappa shape index (κ3) is 24.8. The minimum absolute atomic E-state index is 0.125. The molecule has 0 fully saturated rings. The van der Waals surface area contributed by atoms with Crippen LogP contribution in [-0.2, 0) is 0 Å². The quantitative estimate of drug-likeness (QED) is 0.497. The summed E-state index contributed by atoms with van der Waals surface area (Å²) in [7, 11) is 0. The fourth-order valence-corrected chi connectivity index (χ4v) is 0.394. The van der Waals surface area contributed by atoms with Crippen LogP contribution in [0.2, 0.25) is 0 Å². The van der Waals surface area contributed by atoms with Gasteiger partial charge in [-0.15, -0.1) is 0 Å². The van der Waals surface area contributed by atoms with E-state index in [1.807, 2.05) is 0 Å². The number of rotatable bonds is 4. The molecular formula is C7H19NO2. The van der Waals surface area contributed by atoms with Gasteiger partial charge < -0.3 is 15.9 Å². The van der Waals surface area contributed by atoms with Crippen LogP contribution in [0.4, 0.5) is 0 Å². The molecule has 0 spiro atoms. The monoisotopic (exact) mass is 149 g/mol. The van der Waals surface area contributed by atoms with Crippen molar-refractivity contribution in [1.29, 1.82) is 0 Å². The van der Waals surface area contributed by atoms with Crippen molar-refractivity contribution in [3.8, 4) is 0 Å². The number of aliphatic hydroxyl groups excluding tert-OH is 2. The Kier molecular flexibility index (Phi) is 20.0. The average molecular weight is 149 g/mol. The number of unbranched alkanes of at least 4 members (excludes halogenated alkanes) is 2. The molecule has 4 N–H and O–H groups in total. The molecule has 0 atom stereocenters. The first-order valence-electron chi connectivity index (χ1n) is 3.75. The van der Waals surface area contributed by atoms with Crippen LogP contribution in [0.25, 0.3) is 0 Å². The van der Waals surface area contributed by atoms with Crippen molar-refractivity contribution in [1.82, 2.24) is 0 Å². The number of hydrogen-bond acceptors (Lipinski definition) is 3. The summed E-state index contributed by atoms with van der Waals surface area (Å²) < 4.78 is 0. The van der Waals surface area contributed by atoms with E-state index < -0.39 is 0 Å². The summed E-state index contributed by atoms with van der Waals surface area (Å²) in [5.74, 6) is 0. The molecule has 0 aromatic heterocycles. The summed E-state index contributed by atoms with van der Waals surface area (Å²) in [4.78, 5) is 0. The Bertz CT molecular complexity index is 36.6. The number of hydrogen-bond donors (Lipinski definition) is 3. The van der Waals surface area contributed by atoms with E-state index in [1.54, 1.807) is 0 Å². The maximum atomic E-state index is 7.62. The van der Waals surface area contributed by atoms with Gasteiger partial charge in [0.05, 0.1) is 13.2 Å². The van der Waals surface area contributed by atoms with Gasteiger partial charge in [0.15, 0.2) is 0 Å². The molecule has 0 aliphatic heterocycles. The summed E-state index contributed by atoms with van der Waals surface area (Å²) in [5.41, 5.74) is 5.21. The second-order valence-electron chi connectivity index (χ2n) is 1.94. The van der Waals surface area contributed by atoms with Crippen LogP contribution in [0.15, 0.2) is 0 Å². The molecule has 0 saturated carbocycles. The molecule has 0 rings (SSSR count). The molecule has 0 aliphatic carbocycles. The molecule has 0 unspecified atom stereocenters. The van der Waals surface area contributed by atoms with Gasteiger partial charge in [0.2, 0.25) is 0 Å². The molecule has 0 bridgehead atoms. The fourth-order valence-electron chi connectivity index (χ4n) is 0.394. The van der Waals surface area contributed by atoms with Gasteiger partial charge >= 0.3 is 0 Å². The highest BCUT2D eigenvalue weighted by atomic mass is 16.3. The van der Waals surface area contributed by atoms with Crippen LogP contribution in [0, 0.1) is 0 Å². The molecule has 3 heteroatoms. The van der Waals surface area contributed by atoms with Gasteiger partial charge in [0, 0.05) is 0 Å².